The first-order chi connectivity index (χ1) is 20.3. The van der Waals surface area contributed by atoms with Gasteiger partial charge in [-0.3, -0.25) is 4.79 Å². The number of esters is 1. The highest BCUT2D eigenvalue weighted by atomic mass is 16.6. The van der Waals surface area contributed by atoms with Crippen LogP contribution in [-0.4, -0.2) is 101 Å². The molecule has 0 aromatic carbocycles. The van der Waals surface area contributed by atoms with Gasteiger partial charge in [-0.25, -0.2) is 4.79 Å². The van der Waals surface area contributed by atoms with E-state index in [1.54, 1.807) is 17.9 Å². The average Bonchev–Trinajstić information content (AvgIpc) is 3.74. The molecule has 2 saturated heterocycles. The van der Waals surface area contributed by atoms with Crippen molar-refractivity contribution in [3.05, 3.63) is 36.0 Å². The summed E-state index contributed by atoms with van der Waals surface area (Å²) in [5.41, 5.74) is -0.623. The summed E-state index contributed by atoms with van der Waals surface area (Å²) in [5.74, 6) is -0.438. The van der Waals surface area contributed by atoms with Gasteiger partial charge in [0.25, 0.3) is 0 Å². The van der Waals surface area contributed by atoms with Crippen molar-refractivity contribution in [2.75, 3.05) is 26.2 Å². The summed E-state index contributed by atoms with van der Waals surface area (Å²) < 4.78 is 17.5. The number of amides is 1. The monoisotopic (exact) mass is 606 g/mol. The third-order valence-electron chi connectivity index (χ3n) is 8.94. The normalized spacial score (nSPS) is 35.0. The van der Waals surface area contributed by atoms with Gasteiger partial charge in [0.05, 0.1) is 30.8 Å². The molecule has 0 saturated carbocycles. The van der Waals surface area contributed by atoms with Crippen molar-refractivity contribution in [2.45, 2.75) is 116 Å². The Labute approximate surface area is 257 Å². The Balaban J connectivity index is 1.71. The lowest BCUT2D eigenvalue weighted by molar-refractivity contribution is -0.151. The van der Waals surface area contributed by atoms with Crippen LogP contribution in [-0.2, 0) is 19.0 Å². The highest BCUT2D eigenvalue weighted by molar-refractivity contribution is 5.70. The Bertz CT molecular complexity index is 1000. The first kappa shape index (κ1) is 35.2. The number of hydrogen-bond acceptors (Lipinski definition) is 9. The van der Waals surface area contributed by atoms with Crippen LogP contribution < -0.4 is 5.32 Å². The molecule has 0 bridgehead atoms. The molecule has 10 atom stereocenters. The van der Waals surface area contributed by atoms with Gasteiger partial charge < -0.3 is 39.7 Å². The molecule has 0 aliphatic carbocycles. The zero-order valence-electron chi connectivity index (χ0n) is 26.8. The number of cyclic esters (lactones) is 1. The average molecular weight is 607 g/mol. The van der Waals surface area contributed by atoms with Crippen LogP contribution in [0.1, 0.15) is 73.6 Å². The largest absolute Gasteiger partial charge is 0.457 e. The second-order valence-electron chi connectivity index (χ2n) is 12.9. The maximum absolute atomic E-state index is 12.9. The fraction of sp³-hybridized carbons (Fsp3) is 0.758. The van der Waals surface area contributed by atoms with Gasteiger partial charge in [0.2, 0.25) is 0 Å². The lowest BCUT2D eigenvalue weighted by Crippen LogP contribution is -2.50. The van der Waals surface area contributed by atoms with E-state index in [1.807, 2.05) is 45.9 Å². The van der Waals surface area contributed by atoms with Crippen molar-refractivity contribution < 1.29 is 39.1 Å². The molecule has 43 heavy (non-hydrogen) atoms. The number of epoxide rings is 1. The molecule has 10 unspecified atom stereocenters. The number of rotatable bonds is 9. The van der Waals surface area contributed by atoms with Crippen molar-refractivity contribution >= 4 is 12.1 Å². The number of hydrogen-bond donors (Lipinski definition) is 4. The molecule has 10 nitrogen and oxygen atoms in total. The van der Waals surface area contributed by atoms with E-state index in [4.69, 9.17) is 14.2 Å². The third kappa shape index (κ3) is 10.7. The highest BCUT2D eigenvalue weighted by Crippen LogP contribution is 2.36. The van der Waals surface area contributed by atoms with Crippen LogP contribution in [0.4, 0.5) is 4.79 Å². The van der Waals surface area contributed by atoms with E-state index >= 15 is 0 Å². The zero-order chi connectivity index (χ0) is 31.7. The molecule has 3 rings (SSSR count). The minimum Gasteiger partial charge on any atom is -0.457 e. The van der Waals surface area contributed by atoms with E-state index in [2.05, 4.69) is 18.3 Å². The molecule has 3 heterocycles. The lowest BCUT2D eigenvalue weighted by atomic mass is 9.88. The molecule has 0 aromatic rings. The van der Waals surface area contributed by atoms with Crippen LogP contribution >= 0.6 is 0 Å². The van der Waals surface area contributed by atoms with Crippen molar-refractivity contribution in [1.29, 1.82) is 0 Å². The van der Waals surface area contributed by atoms with Gasteiger partial charge in [-0.05, 0) is 57.1 Å². The summed E-state index contributed by atoms with van der Waals surface area (Å²) in [6, 6.07) is 0. The van der Waals surface area contributed by atoms with Crippen molar-refractivity contribution in [3.63, 3.8) is 0 Å². The van der Waals surface area contributed by atoms with Crippen molar-refractivity contribution in [2.24, 2.45) is 17.8 Å². The predicted molar refractivity (Wildman–Crippen MR) is 164 cm³/mol. The van der Waals surface area contributed by atoms with Gasteiger partial charge in [-0.1, -0.05) is 52.0 Å². The fourth-order valence-corrected chi connectivity index (χ4v) is 5.82. The fourth-order valence-electron chi connectivity index (χ4n) is 5.82. The number of aliphatic hydroxyl groups excluding tert-OH is 2. The van der Waals surface area contributed by atoms with Crippen LogP contribution in [0.15, 0.2) is 36.0 Å². The van der Waals surface area contributed by atoms with Crippen LogP contribution in [0.2, 0.25) is 0 Å². The SMILES string of the molecule is CCC(O)C(C)C1OC1CC(C)C=CC=C(C)C1OC(=O)CC(O)CCC(C)(O)C(OC(=O)N2CCNCC2)C=CC1C. The third-order valence-corrected chi connectivity index (χ3v) is 8.94. The standard InChI is InChI=1S/C33H54N2O8/c1-7-26(37)24(5)31-27(41-31)19-21(2)9-8-10-22(3)30-23(4)11-12-28(42-32(39)35-17-15-34-16-18-35)33(6,40)14-13-25(36)20-29(38)43-30/h8-12,21,23-28,30-31,34,36-37,40H,7,13-20H2,1-6H3. The number of carbonyl (C=O) groups excluding carboxylic acids is 2. The molecule has 3 aliphatic heterocycles. The van der Waals surface area contributed by atoms with Crippen LogP contribution in [0.25, 0.3) is 0 Å². The Morgan fingerprint density at radius 3 is 2.65 bits per heavy atom. The molecule has 0 radical (unpaired) electrons. The molecule has 4 N–H and O–H groups in total. The Morgan fingerprint density at radius 2 is 1.98 bits per heavy atom. The van der Waals surface area contributed by atoms with E-state index in [0.717, 1.165) is 12.0 Å². The minimum absolute atomic E-state index is 0.0995. The molecule has 244 valence electrons. The van der Waals surface area contributed by atoms with Crippen molar-refractivity contribution in [3.8, 4) is 0 Å². The molecule has 0 spiro atoms. The summed E-state index contributed by atoms with van der Waals surface area (Å²) >= 11 is 0. The molecular formula is C33H54N2O8. The number of nitrogens with one attached hydrogen (secondary N) is 1. The molecule has 3 aliphatic rings. The van der Waals surface area contributed by atoms with Gasteiger partial charge in [0.1, 0.15) is 11.7 Å². The van der Waals surface area contributed by atoms with Crippen LogP contribution in [0.5, 0.6) is 0 Å². The summed E-state index contributed by atoms with van der Waals surface area (Å²) in [6.45, 7) is 13.9. The Hall–Kier alpha value is -2.24. The highest BCUT2D eigenvalue weighted by Gasteiger charge is 2.45. The van der Waals surface area contributed by atoms with Gasteiger partial charge in [-0.2, -0.15) is 0 Å². The summed E-state index contributed by atoms with van der Waals surface area (Å²) in [5, 5.41) is 35.1. The Morgan fingerprint density at radius 1 is 1.28 bits per heavy atom. The molecule has 0 aromatic heterocycles. The van der Waals surface area contributed by atoms with Gasteiger partial charge in [-0.15, -0.1) is 0 Å². The molecule has 2 fully saturated rings. The number of carbonyl (C=O) groups is 2. The van der Waals surface area contributed by atoms with Crippen molar-refractivity contribution in [1.82, 2.24) is 10.2 Å². The van der Waals surface area contributed by atoms with Crippen LogP contribution in [0.3, 0.4) is 0 Å². The van der Waals surface area contributed by atoms with Gasteiger partial charge in [0, 0.05) is 38.0 Å². The summed E-state index contributed by atoms with van der Waals surface area (Å²) in [6.07, 6.45) is 7.98. The maximum atomic E-state index is 12.9. The molecule has 1 amide bonds. The number of allylic oxidation sites excluding steroid dienone is 3. The number of aliphatic hydroxyl groups is 3. The van der Waals surface area contributed by atoms with E-state index in [0.29, 0.717) is 32.6 Å². The first-order valence-electron chi connectivity index (χ1n) is 15.9. The zero-order valence-corrected chi connectivity index (χ0v) is 26.8. The number of piperazine rings is 1. The van der Waals surface area contributed by atoms with E-state index in [9.17, 15) is 24.9 Å². The quantitative estimate of drug-likeness (QED) is 0.134. The topological polar surface area (TPSA) is 141 Å². The number of ether oxygens (including phenoxy) is 3. The van der Waals surface area contributed by atoms with Crippen LogP contribution in [0, 0.1) is 17.8 Å². The van der Waals surface area contributed by atoms with E-state index < -0.39 is 36.0 Å². The second-order valence-corrected chi connectivity index (χ2v) is 12.9. The van der Waals surface area contributed by atoms with Gasteiger partial charge in [0.15, 0.2) is 6.10 Å². The molecular weight excluding hydrogens is 552 g/mol. The van der Waals surface area contributed by atoms with E-state index in [-0.39, 0.29) is 55.3 Å². The molecule has 10 heteroatoms. The second kappa shape index (κ2) is 16.2. The predicted octanol–water partition coefficient (Wildman–Crippen LogP) is 3.50. The number of nitrogens with zero attached hydrogens (tertiary/aromatic N) is 1. The maximum Gasteiger partial charge on any atom is 0.410 e. The van der Waals surface area contributed by atoms with E-state index in [1.165, 1.54) is 0 Å². The van der Waals surface area contributed by atoms with Gasteiger partial charge >= 0.3 is 12.1 Å². The minimum atomic E-state index is -1.44. The summed E-state index contributed by atoms with van der Waals surface area (Å²) in [7, 11) is 0. The Kier molecular flexibility index (Phi) is 13.3. The first-order valence-corrected chi connectivity index (χ1v) is 15.9. The smallest absolute Gasteiger partial charge is 0.410 e. The summed E-state index contributed by atoms with van der Waals surface area (Å²) in [4.78, 5) is 27.3. The lowest BCUT2D eigenvalue weighted by Gasteiger charge is -2.35.